The van der Waals surface area contributed by atoms with Crippen LogP contribution in [0.5, 0.6) is 0 Å². The minimum atomic E-state index is -0.841. The van der Waals surface area contributed by atoms with Crippen molar-refractivity contribution in [3.05, 3.63) is 12.2 Å². The van der Waals surface area contributed by atoms with E-state index >= 15 is 0 Å². The van der Waals surface area contributed by atoms with Gasteiger partial charge in [-0.25, -0.2) is 4.79 Å². The molecule has 0 spiro atoms. The molecular formula is C15H26O2. The zero-order chi connectivity index (χ0) is 12.5. The topological polar surface area (TPSA) is 37.3 Å². The van der Waals surface area contributed by atoms with Crippen molar-refractivity contribution < 1.29 is 9.90 Å². The zero-order valence-electron chi connectivity index (χ0n) is 10.9. The van der Waals surface area contributed by atoms with Crippen LogP contribution in [0, 0.1) is 5.92 Å². The van der Waals surface area contributed by atoms with Gasteiger partial charge in [-0.15, -0.1) is 0 Å². The van der Waals surface area contributed by atoms with Crippen LogP contribution in [-0.4, -0.2) is 11.1 Å². The Morgan fingerprint density at radius 3 is 2.35 bits per heavy atom. The van der Waals surface area contributed by atoms with Crippen LogP contribution in [0.2, 0.25) is 0 Å². The molecule has 0 unspecified atom stereocenters. The second-order valence-electron chi connectivity index (χ2n) is 5.37. The van der Waals surface area contributed by atoms with Gasteiger partial charge >= 0.3 is 5.97 Å². The van der Waals surface area contributed by atoms with Gasteiger partial charge < -0.3 is 5.11 Å². The highest BCUT2D eigenvalue weighted by molar-refractivity contribution is 5.85. The van der Waals surface area contributed by atoms with Crippen molar-refractivity contribution in [2.24, 2.45) is 5.92 Å². The van der Waals surface area contributed by atoms with Crippen LogP contribution < -0.4 is 0 Å². The third-order valence-corrected chi connectivity index (χ3v) is 3.87. The maximum atomic E-state index is 10.5. The predicted octanol–water partition coefficient (Wildman–Crippen LogP) is 4.55. The number of hydrogen-bond acceptors (Lipinski definition) is 1. The molecule has 17 heavy (non-hydrogen) atoms. The van der Waals surface area contributed by atoms with Gasteiger partial charge in [0.05, 0.1) is 0 Å². The van der Waals surface area contributed by atoms with Crippen molar-refractivity contribution in [3.8, 4) is 0 Å². The highest BCUT2D eigenvalue weighted by Gasteiger charge is 2.12. The molecule has 0 bridgehead atoms. The lowest BCUT2D eigenvalue weighted by Gasteiger charge is -2.21. The highest BCUT2D eigenvalue weighted by atomic mass is 16.4. The van der Waals surface area contributed by atoms with Crippen molar-refractivity contribution in [1.29, 1.82) is 0 Å². The molecule has 2 heteroatoms. The Hall–Kier alpha value is -0.790. The van der Waals surface area contributed by atoms with Crippen LogP contribution in [-0.2, 0) is 4.79 Å². The minimum Gasteiger partial charge on any atom is -0.478 e. The standard InChI is InChI=1S/C15H26O2/c1-13(15(16)17)9-5-2-3-6-10-14-11-7-4-8-12-14/h14H,1-12H2,(H,16,17). The Bertz CT molecular complexity index is 239. The van der Waals surface area contributed by atoms with Crippen LogP contribution in [0.3, 0.4) is 0 Å². The van der Waals surface area contributed by atoms with Gasteiger partial charge in [-0.2, -0.15) is 0 Å². The highest BCUT2D eigenvalue weighted by Crippen LogP contribution is 2.28. The van der Waals surface area contributed by atoms with Crippen LogP contribution >= 0.6 is 0 Å². The fourth-order valence-electron chi connectivity index (χ4n) is 2.71. The Labute approximate surface area is 105 Å². The van der Waals surface area contributed by atoms with Gasteiger partial charge in [-0.3, -0.25) is 0 Å². The van der Waals surface area contributed by atoms with E-state index in [2.05, 4.69) is 6.58 Å². The van der Waals surface area contributed by atoms with Crippen LogP contribution in [0.25, 0.3) is 0 Å². The molecule has 1 aliphatic carbocycles. The summed E-state index contributed by atoms with van der Waals surface area (Å²) in [4.78, 5) is 10.5. The van der Waals surface area contributed by atoms with E-state index in [1.54, 1.807) is 0 Å². The normalized spacial score (nSPS) is 16.9. The summed E-state index contributed by atoms with van der Waals surface area (Å²) in [7, 11) is 0. The molecule has 0 aromatic rings. The van der Waals surface area contributed by atoms with Crippen LogP contribution in [0.4, 0.5) is 0 Å². The van der Waals surface area contributed by atoms with Crippen molar-refractivity contribution in [2.45, 2.75) is 70.6 Å². The molecule has 0 aliphatic heterocycles. The SMILES string of the molecule is C=C(CCCCCCC1CCCCC1)C(=O)O. The van der Waals surface area contributed by atoms with E-state index in [1.165, 1.54) is 51.4 Å². The number of aliphatic carboxylic acids is 1. The predicted molar refractivity (Wildman–Crippen MR) is 71.1 cm³/mol. The number of hydrogen-bond donors (Lipinski definition) is 1. The van der Waals surface area contributed by atoms with Gasteiger partial charge in [0, 0.05) is 5.57 Å². The largest absolute Gasteiger partial charge is 0.478 e. The molecule has 1 fully saturated rings. The Kier molecular flexibility index (Phi) is 6.99. The molecule has 0 atom stereocenters. The number of unbranched alkanes of at least 4 members (excludes halogenated alkanes) is 3. The molecule has 0 aromatic carbocycles. The van der Waals surface area contributed by atoms with Gasteiger partial charge in [0.15, 0.2) is 0 Å². The molecule has 98 valence electrons. The van der Waals surface area contributed by atoms with E-state index in [9.17, 15) is 4.79 Å². The Morgan fingerprint density at radius 2 is 1.71 bits per heavy atom. The van der Waals surface area contributed by atoms with E-state index < -0.39 is 5.97 Å². The number of carbonyl (C=O) groups is 1. The van der Waals surface area contributed by atoms with Crippen LogP contribution in [0.1, 0.15) is 70.6 Å². The second kappa shape index (κ2) is 8.32. The molecule has 1 rings (SSSR count). The zero-order valence-corrected chi connectivity index (χ0v) is 10.9. The van der Waals surface area contributed by atoms with Crippen molar-refractivity contribution in [2.75, 3.05) is 0 Å². The average molecular weight is 238 g/mol. The van der Waals surface area contributed by atoms with E-state index in [-0.39, 0.29) is 0 Å². The summed E-state index contributed by atoms with van der Waals surface area (Å²) in [5.74, 6) is 0.143. The first-order chi connectivity index (χ1) is 8.20. The average Bonchev–Trinajstić information content (AvgIpc) is 2.34. The van der Waals surface area contributed by atoms with Gasteiger partial charge in [0.2, 0.25) is 0 Å². The third kappa shape index (κ3) is 6.50. The molecule has 1 aliphatic rings. The first-order valence-corrected chi connectivity index (χ1v) is 7.11. The first kappa shape index (κ1) is 14.3. The lowest BCUT2D eigenvalue weighted by molar-refractivity contribution is -0.132. The fraction of sp³-hybridized carbons (Fsp3) is 0.800. The molecule has 0 radical (unpaired) electrons. The van der Waals surface area contributed by atoms with Crippen LogP contribution in [0.15, 0.2) is 12.2 Å². The molecule has 0 aromatic heterocycles. The summed E-state index contributed by atoms with van der Waals surface area (Å²) in [6, 6.07) is 0. The molecular weight excluding hydrogens is 212 g/mol. The molecule has 1 saturated carbocycles. The van der Waals surface area contributed by atoms with E-state index in [1.807, 2.05) is 0 Å². The third-order valence-electron chi connectivity index (χ3n) is 3.87. The molecule has 2 nitrogen and oxygen atoms in total. The first-order valence-electron chi connectivity index (χ1n) is 7.11. The summed E-state index contributed by atoms with van der Waals surface area (Å²) in [6.07, 6.45) is 13.9. The number of rotatable bonds is 8. The molecule has 0 heterocycles. The van der Waals surface area contributed by atoms with Crippen molar-refractivity contribution in [1.82, 2.24) is 0 Å². The summed E-state index contributed by atoms with van der Waals surface area (Å²) in [5.41, 5.74) is 0.359. The van der Waals surface area contributed by atoms with E-state index in [0.717, 1.165) is 18.8 Å². The molecule has 0 amide bonds. The summed E-state index contributed by atoms with van der Waals surface area (Å²) >= 11 is 0. The second-order valence-corrected chi connectivity index (χ2v) is 5.37. The van der Waals surface area contributed by atoms with Gasteiger partial charge in [-0.05, 0) is 18.8 Å². The monoisotopic (exact) mass is 238 g/mol. The van der Waals surface area contributed by atoms with Crippen molar-refractivity contribution in [3.63, 3.8) is 0 Å². The van der Waals surface area contributed by atoms with E-state index in [0.29, 0.717) is 12.0 Å². The quantitative estimate of drug-likeness (QED) is 0.497. The number of carboxylic acid groups (broad SMARTS) is 1. The Balaban J connectivity index is 1.90. The fourth-order valence-corrected chi connectivity index (χ4v) is 2.71. The smallest absolute Gasteiger partial charge is 0.330 e. The Morgan fingerprint density at radius 1 is 1.06 bits per heavy atom. The summed E-state index contributed by atoms with van der Waals surface area (Å²) < 4.78 is 0. The number of carboxylic acids is 1. The lowest BCUT2D eigenvalue weighted by atomic mass is 9.85. The lowest BCUT2D eigenvalue weighted by Crippen LogP contribution is -2.05. The van der Waals surface area contributed by atoms with Gasteiger partial charge in [0.1, 0.15) is 0 Å². The maximum Gasteiger partial charge on any atom is 0.330 e. The van der Waals surface area contributed by atoms with Gasteiger partial charge in [0.25, 0.3) is 0 Å². The summed E-state index contributed by atoms with van der Waals surface area (Å²) in [6.45, 7) is 3.55. The summed E-state index contributed by atoms with van der Waals surface area (Å²) in [5, 5.41) is 8.66. The molecule has 0 saturated heterocycles. The van der Waals surface area contributed by atoms with Crippen molar-refractivity contribution >= 4 is 5.97 Å². The molecule has 1 N–H and O–H groups in total. The van der Waals surface area contributed by atoms with E-state index in [4.69, 9.17) is 5.11 Å². The maximum absolute atomic E-state index is 10.5. The van der Waals surface area contributed by atoms with Gasteiger partial charge in [-0.1, -0.05) is 64.4 Å². The minimum absolute atomic E-state index is 0.359.